The summed E-state index contributed by atoms with van der Waals surface area (Å²) in [5, 5.41) is 6.42. The number of unbranched alkanes of at least 4 members (excludes halogenated alkanes) is 5. The molecule has 2 N–H and O–H groups in total. The number of amides is 1. The Labute approximate surface area is 125 Å². The lowest BCUT2D eigenvalue weighted by Gasteiger charge is -2.13. The van der Waals surface area contributed by atoms with Gasteiger partial charge in [-0.15, -0.1) is 0 Å². The van der Waals surface area contributed by atoms with E-state index in [4.69, 9.17) is 0 Å². The average molecular weight is 285 g/mol. The summed E-state index contributed by atoms with van der Waals surface area (Å²) < 4.78 is 0. The molecule has 0 aliphatic rings. The van der Waals surface area contributed by atoms with Crippen LogP contribution in [-0.2, 0) is 4.79 Å². The van der Waals surface area contributed by atoms with Gasteiger partial charge in [0.25, 0.3) is 0 Å². The van der Waals surface area contributed by atoms with Gasteiger partial charge in [-0.25, -0.2) is 0 Å². The Balaban J connectivity index is 3.18. The van der Waals surface area contributed by atoms with Crippen LogP contribution in [0.5, 0.6) is 0 Å². The van der Waals surface area contributed by atoms with E-state index in [-0.39, 0.29) is 5.91 Å². The van der Waals surface area contributed by atoms with Crippen molar-refractivity contribution < 1.29 is 4.79 Å². The third kappa shape index (κ3) is 13.8. The lowest BCUT2D eigenvalue weighted by molar-refractivity contribution is -0.121. The number of likely N-dealkylation sites (N-methyl/N-ethyl adjacent to an activating group) is 1. The summed E-state index contributed by atoms with van der Waals surface area (Å²) in [6, 6.07) is 0.602. The largest absolute Gasteiger partial charge is 0.355 e. The monoisotopic (exact) mass is 285 g/mol. The van der Waals surface area contributed by atoms with Crippen LogP contribution in [0.2, 0.25) is 0 Å². The predicted octanol–water partition coefficient (Wildman–Crippen LogP) is 2.39. The van der Waals surface area contributed by atoms with Crippen LogP contribution in [0, 0.1) is 0 Å². The van der Waals surface area contributed by atoms with Crippen molar-refractivity contribution in [1.29, 1.82) is 0 Å². The van der Waals surface area contributed by atoms with Gasteiger partial charge in [-0.05, 0) is 33.0 Å². The van der Waals surface area contributed by atoms with Crippen molar-refractivity contribution in [2.75, 3.05) is 33.2 Å². The molecule has 0 heterocycles. The topological polar surface area (TPSA) is 44.4 Å². The second kappa shape index (κ2) is 13.4. The van der Waals surface area contributed by atoms with E-state index < -0.39 is 0 Å². The number of nitrogens with one attached hydrogen (secondary N) is 2. The molecular weight excluding hydrogens is 250 g/mol. The average Bonchev–Trinajstić information content (AvgIpc) is 2.40. The van der Waals surface area contributed by atoms with Gasteiger partial charge in [0.05, 0.1) is 6.54 Å². The van der Waals surface area contributed by atoms with Gasteiger partial charge in [0, 0.05) is 12.6 Å². The van der Waals surface area contributed by atoms with Gasteiger partial charge in [0.1, 0.15) is 0 Å². The third-order valence-corrected chi connectivity index (χ3v) is 3.43. The van der Waals surface area contributed by atoms with E-state index in [9.17, 15) is 4.79 Å². The van der Waals surface area contributed by atoms with Crippen LogP contribution in [0.4, 0.5) is 0 Å². The Morgan fingerprint density at radius 2 is 1.55 bits per heavy atom. The standard InChI is InChI=1S/C16H35N3O/c1-5-19(4)14-16(20)18-13-11-9-7-6-8-10-12-17-15(2)3/h15,17H,5-14H2,1-4H3,(H,18,20). The first-order valence-electron chi connectivity index (χ1n) is 8.24. The quantitative estimate of drug-likeness (QED) is 0.511. The fraction of sp³-hybridized carbons (Fsp3) is 0.938. The van der Waals surface area contributed by atoms with Gasteiger partial charge in [-0.3, -0.25) is 9.69 Å². The fourth-order valence-electron chi connectivity index (χ4n) is 1.99. The molecule has 0 saturated heterocycles. The fourth-order valence-corrected chi connectivity index (χ4v) is 1.99. The normalized spacial score (nSPS) is 11.3. The van der Waals surface area contributed by atoms with Crippen molar-refractivity contribution in [2.45, 2.75) is 65.3 Å². The molecule has 4 nitrogen and oxygen atoms in total. The van der Waals surface area contributed by atoms with E-state index >= 15 is 0 Å². The summed E-state index contributed by atoms with van der Waals surface area (Å²) in [6.45, 7) is 9.82. The maximum atomic E-state index is 11.5. The second-order valence-corrected chi connectivity index (χ2v) is 5.91. The van der Waals surface area contributed by atoms with Gasteiger partial charge in [0.15, 0.2) is 0 Å². The van der Waals surface area contributed by atoms with Crippen molar-refractivity contribution in [3.05, 3.63) is 0 Å². The van der Waals surface area contributed by atoms with Crippen molar-refractivity contribution in [1.82, 2.24) is 15.5 Å². The smallest absolute Gasteiger partial charge is 0.234 e. The molecule has 0 atom stereocenters. The lowest BCUT2D eigenvalue weighted by atomic mass is 10.1. The minimum atomic E-state index is 0.147. The van der Waals surface area contributed by atoms with Crippen LogP contribution in [0.3, 0.4) is 0 Å². The second-order valence-electron chi connectivity index (χ2n) is 5.91. The Kier molecular flexibility index (Phi) is 13.0. The minimum absolute atomic E-state index is 0.147. The Hall–Kier alpha value is -0.610. The molecule has 0 rings (SSSR count). The summed E-state index contributed by atoms with van der Waals surface area (Å²) >= 11 is 0. The molecule has 0 fully saturated rings. The van der Waals surface area contributed by atoms with Crippen LogP contribution >= 0.6 is 0 Å². The molecule has 0 aliphatic heterocycles. The first-order valence-corrected chi connectivity index (χ1v) is 8.24. The van der Waals surface area contributed by atoms with E-state index in [2.05, 4.69) is 31.4 Å². The van der Waals surface area contributed by atoms with Crippen LogP contribution in [0.15, 0.2) is 0 Å². The number of carbonyl (C=O) groups excluding carboxylic acids is 1. The summed E-state index contributed by atoms with van der Waals surface area (Å²) in [6.07, 6.45) is 7.51. The maximum absolute atomic E-state index is 11.5. The third-order valence-electron chi connectivity index (χ3n) is 3.43. The number of hydrogen-bond acceptors (Lipinski definition) is 3. The van der Waals surface area contributed by atoms with Crippen LogP contribution in [-0.4, -0.2) is 50.1 Å². The molecule has 0 aromatic rings. The molecule has 0 spiro atoms. The van der Waals surface area contributed by atoms with E-state index in [1.165, 1.54) is 32.1 Å². The Morgan fingerprint density at radius 1 is 1.00 bits per heavy atom. The molecule has 0 saturated carbocycles. The van der Waals surface area contributed by atoms with Gasteiger partial charge < -0.3 is 10.6 Å². The SMILES string of the molecule is CCN(C)CC(=O)NCCCCCCCCNC(C)C. The van der Waals surface area contributed by atoms with Gasteiger partial charge in [0.2, 0.25) is 5.91 Å². The number of carbonyl (C=O) groups is 1. The van der Waals surface area contributed by atoms with Crippen molar-refractivity contribution in [3.8, 4) is 0 Å². The Bertz CT molecular complexity index is 232. The first kappa shape index (κ1) is 19.4. The zero-order chi connectivity index (χ0) is 15.2. The number of nitrogens with zero attached hydrogens (tertiary/aromatic N) is 1. The molecule has 120 valence electrons. The van der Waals surface area contributed by atoms with Crippen LogP contribution in [0.1, 0.15) is 59.3 Å². The van der Waals surface area contributed by atoms with Gasteiger partial charge in [-0.2, -0.15) is 0 Å². The lowest BCUT2D eigenvalue weighted by Crippen LogP contribution is -2.35. The van der Waals surface area contributed by atoms with Gasteiger partial charge >= 0.3 is 0 Å². The zero-order valence-corrected chi connectivity index (χ0v) is 14.0. The highest BCUT2D eigenvalue weighted by Crippen LogP contribution is 2.04. The molecule has 4 heteroatoms. The maximum Gasteiger partial charge on any atom is 0.234 e. The molecule has 0 bridgehead atoms. The van der Waals surface area contributed by atoms with Gasteiger partial charge in [-0.1, -0.05) is 46.5 Å². The highest BCUT2D eigenvalue weighted by Gasteiger charge is 2.03. The molecule has 0 aromatic carbocycles. The Morgan fingerprint density at radius 3 is 2.10 bits per heavy atom. The summed E-state index contributed by atoms with van der Waals surface area (Å²) in [4.78, 5) is 13.5. The highest BCUT2D eigenvalue weighted by molar-refractivity contribution is 5.77. The van der Waals surface area contributed by atoms with Crippen LogP contribution < -0.4 is 10.6 Å². The molecule has 0 radical (unpaired) electrons. The number of hydrogen-bond donors (Lipinski definition) is 2. The van der Waals surface area contributed by atoms with E-state index in [1.807, 2.05) is 11.9 Å². The van der Waals surface area contributed by atoms with Crippen molar-refractivity contribution >= 4 is 5.91 Å². The number of rotatable bonds is 13. The summed E-state index contributed by atoms with van der Waals surface area (Å²) in [5.41, 5.74) is 0. The molecule has 20 heavy (non-hydrogen) atoms. The molecule has 0 aromatic heterocycles. The molecule has 1 amide bonds. The highest BCUT2D eigenvalue weighted by atomic mass is 16.2. The van der Waals surface area contributed by atoms with E-state index in [0.29, 0.717) is 12.6 Å². The zero-order valence-electron chi connectivity index (χ0n) is 14.0. The molecule has 0 aliphatic carbocycles. The minimum Gasteiger partial charge on any atom is -0.355 e. The van der Waals surface area contributed by atoms with Crippen LogP contribution in [0.25, 0.3) is 0 Å². The van der Waals surface area contributed by atoms with E-state index in [1.54, 1.807) is 0 Å². The summed E-state index contributed by atoms with van der Waals surface area (Å²) in [5.74, 6) is 0.147. The molecular formula is C16H35N3O. The predicted molar refractivity (Wildman–Crippen MR) is 87.0 cm³/mol. The first-order chi connectivity index (χ1) is 9.56. The van der Waals surface area contributed by atoms with Crippen molar-refractivity contribution in [3.63, 3.8) is 0 Å². The summed E-state index contributed by atoms with van der Waals surface area (Å²) in [7, 11) is 1.97. The van der Waals surface area contributed by atoms with E-state index in [0.717, 1.165) is 26.1 Å². The molecule has 0 unspecified atom stereocenters. The van der Waals surface area contributed by atoms with Crippen molar-refractivity contribution in [2.24, 2.45) is 0 Å².